The van der Waals surface area contributed by atoms with Gasteiger partial charge in [0.2, 0.25) is 5.95 Å². The van der Waals surface area contributed by atoms with Gasteiger partial charge in [-0.05, 0) is 29.8 Å². The summed E-state index contributed by atoms with van der Waals surface area (Å²) in [6.45, 7) is 2.96. The average molecular weight is 449 g/mol. The van der Waals surface area contributed by atoms with Crippen LogP contribution in [0, 0.1) is 5.82 Å². The van der Waals surface area contributed by atoms with Crippen molar-refractivity contribution in [2.24, 2.45) is 0 Å². The van der Waals surface area contributed by atoms with Crippen LogP contribution in [0.5, 0.6) is 0 Å². The second-order valence-electron chi connectivity index (χ2n) is 6.08. The van der Waals surface area contributed by atoms with Crippen LogP contribution in [-0.2, 0) is 10.5 Å². The maximum atomic E-state index is 13.3. The highest BCUT2D eigenvalue weighted by Crippen LogP contribution is 2.31. The monoisotopic (exact) mass is 448 g/mol. The molecular formula is C19H18BrFN4OS. The van der Waals surface area contributed by atoms with Gasteiger partial charge in [0.1, 0.15) is 5.82 Å². The molecule has 8 heteroatoms. The van der Waals surface area contributed by atoms with Gasteiger partial charge in [-0.25, -0.2) is 4.39 Å². The van der Waals surface area contributed by atoms with E-state index in [1.54, 1.807) is 17.8 Å². The Kier molecular flexibility index (Phi) is 5.75. The SMILES string of the molecule is Fc1ccc(CSc2nnc(N3CCOCC3)n2-c2ccccc2)c(Br)c1. The van der Waals surface area contributed by atoms with Gasteiger partial charge < -0.3 is 9.64 Å². The molecular weight excluding hydrogens is 431 g/mol. The molecule has 0 saturated carbocycles. The van der Waals surface area contributed by atoms with E-state index in [0.29, 0.717) is 19.0 Å². The third-order valence-corrected chi connectivity index (χ3v) is 6.01. The van der Waals surface area contributed by atoms with Gasteiger partial charge in [-0.1, -0.05) is 52.0 Å². The number of halogens is 2. The highest BCUT2D eigenvalue weighted by Gasteiger charge is 2.21. The second-order valence-corrected chi connectivity index (χ2v) is 7.87. The van der Waals surface area contributed by atoms with E-state index in [4.69, 9.17) is 4.74 Å². The smallest absolute Gasteiger partial charge is 0.232 e. The van der Waals surface area contributed by atoms with Crippen LogP contribution in [0.3, 0.4) is 0 Å². The summed E-state index contributed by atoms with van der Waals surface area (Å²) in [7, 11) is 0. The summed E-state index contributed by atoms with van der Waals surface area (Å²) >= 11 is 5.01. The van der Waals surface area contributed by atoms with Gasteiger partial charge in [-0.15, -0.1) is 10.2 Å². The standard InChI is InChI=1S/C19H18BrFN4OS/c20-17-12-15(21)7-6-14(17)13-27-19-23-22-18(24-8-10-26-11-9-24)25(19)16-4-2-1-3-5-16/h1-7,12H,8-11,13H2. The molecule has 4 rings (SSSR count). The molecule has 5 nitrogen and oxygen atoms in total. The number of morpholine rings is 1. The van der Waals surface area contributed by atoms with Crippen molar-refractivity contribution in [1.29, 1.82) is 0 Å². The topological polar surface area (TPSA) is 43.2 Å². The van der Waals surface area contributed by atoms with Crippen LogP contribution >= 0.6 is 27.7 Å². The summed E-state index contributed by atoms with van der Waals surface area (Å²) in [5.74, 6) is 1.23. The number of para-hydroxylation sites is 1. The molecule has 0 unspecified atom stereocenters. The molecule has 0 aliphatic carbocycles. The molecule has 27 heavy (non-hydrogen) atoms. The number of ether oxygens (including phenoxy) is 1. The fraction of sp³-hybridized carbons (Fsp3) is 0.263. The molecule has 3 aromatic rings. The molecule has 1 aliphatic rings. The van der Waals surface area contributed by atoms with Crippen LogP contribution in [-0.4, -0.2) is 41.1 Å². The lowest BCUT2D eigenvalue weighted by Crippen LogP contribution is -2.37. The minimum absolute atomic E-state index is 0.252. The fourth-order valence-electron chi connectivity index (χ4n) is 2.91. The third kappa shape index (κ3) is 4.17. The van der Waals surface area contributed by atoms with E-state index < -0.39 is 0 Å². The Hall–Kier alpha value is -1.90. The lowest BCUT2D eigenvalue weighted by Gasteiger charge is -2.27. The molecule has 0 radical (unpaired) electrons. The maximum Gasteiger partial charge on any atom is 0.232 e. The van der Waals surface area contributed by atoms with Gasteiger partial charge in [-0.2, -0.15) is 0 Å². The molecule has 140 valence electrons. The van der Waals surface area contributed by atoms with E-state index in [9.17, 15) is 4.39 Å². The molecule has 0 spiro atoms. The number of benzene rings is 2. The zero-order chi connectivity index (χ0) is 18.6. The Bertz CT molecular complexity index is 915. The van der Waals surface area contributed by atoms with Crippen molar-refractivity contribution in [3.05, 3.63) is 64.4 Å². The quantitative estimate of drug-likeness (QED) is 0.544. The second kappa shape index (κ2) is 8.41. The third-order valence-electron chi connectivity index (χ3n) is 4.30. The fourth-order valence-corrected chi connectivity index (χ4v) is 4.54. The van der Waals surface area contributed by atoms with Crippen LogP contribution < -0.4 is 4.90 Å². The first-order chi connectivity index (χ1) is 13.2. The van der Waals surface area contributed by atoms with Crippen molar-refractivity contribution in [2.75, 3.05) is 31.2 Å². The Morgan fingerprint density at radius 2 is 1.85 bits per heavy atom. The molecule has 0 N–H and O–H groups in total. The molecule has 1 saturated heterocycles. The summed E-state index contributed by atoms with van der Waals surface area (Å²) in [6.07, 6.45) is 0. The number of hydrogen-bond acceptors (Lipinski definition) is 5. The van der Waals surface area contributed by atoms with Gasteiger partial charge >= 0.3 is 0 Å². The Labute approximate surface area is 169 Å². The van der Waals surface area contributed by atoms with Crippen LogP contribution in [0.2, 0.25) is 0 Å². The lowest BCUT2D eigenvalue weighted by molar-refractivity contribution is 0.122. The van der Waals surface area contributed by atoms with Gasteiger partial charge in [0.25, 0.3) is 0 Å². The normalized spacial score (nSPS) is 14.5. The molecule has 0 atom stereocenters. The molecule has 1 fully saturated rings. The number of anilines is 1. The first-order valence-electron chi connectivity index (χ1n) is 8.62. The molecule has 0 bridgehead atoms. The van der Waals surface area contributed by atoms with Crippen molar-refractivity contribution >= 4 is 33.6 Å². The number of hydrogen-bond donors (Lipinski definition) is 0. The molecule has 0 amide bonds. The molecule has 2 aromatic carbocycles. The van der Waals surface area contributed by atoms with Gasteiger partial charge in [0, 0.05) is 23.3 Å². The summed E-state index contributed by atoms with van der Waals surface area (Å²) in [5.41, 5.74) is 2.03. The minimum Gasteiger partial charge on any atom is -0.378 e. The Morgan fingerprint density at radius 1 is 1.07 bits per heavy atom. The molecule has 1 aliphatic heterocycles. The van der Waals surface area contributed by atoms with E-state index in [1.165, 1.54) is 12.1 Å². The highest BCUT2D eigenvalue weighted by molar-refractivity contribution is 9.10. The number of aromatic nitrogens is 3. The highest BCUT2D eigenvalue weighted by atomic mass is 79.9. The summed E-state index contributed by atoms with van der Waals surface area (Å²) in [5, 5.41) is 9.69. The van der Waals surface area contributed by atoms with Crippen LogP contribution in [0.1, 0.15) is 5.56 Å². The van der Waals surface area contributed by atoms with E-state index in [-0.39, 0.29) is 5.82 Å². The van der Waals surface area contributed by atoms with Crippen LogP contribution in [0.25, 0.3) is 5.69 Å². The van der Waals surface area contributed by atoms with Crippen molar-refractivity contribution in [1.82, 2.24) is 14.8 Å². The Balaban J connectivity index is 1.64. The summed E-state index contributed by atoms with van der Waals surface area (Å²) in [6, 6.07) is 14.8. The van der Waals surface area contributed by atoms with Gasteiger partial charge in [0.15, 0.2) is 5.16 Å². The zero-order valence-corrected chi connectivity index (χ0v) is 16.9. The van der Waals surface area contributed by atoms with E-state index in [0.717, 1.165) is 39.9 Å². The van der Waals surface area contributed by atoms with E-state index in [1.807, 2.05) is 30.3 Å². The first kappa shape index (κ1) is 18.5. The first-order valence-corrected chi connectivity index (χ1v) is 10.4. The average Bonchev–Trinajstić information content (AvgIpc) is 3.12. The summed E-state index contributed by atoms with van der Waals surface area (Å²) < 4.78 is 21.6. The number of nitrogens with zero attached hydrogens (tertiary/aromatic N) is 4. The van der Waals surface area contributed by atoms with Crippen LogP contribution in [0.15, 0.2) is 58.2 Å². The largest absolute Gasteiger partial charge is 0.378 e. The van der Waals surface area contributed by atoms with E-state index in [2.05, 4.69) is 35.6 Å². The van der Waals surface area contributed by atoms with Crippen molar-refractivity contribution < 1.29 is 9.13 Å². The van der Waals surface area contributed by atoms with Crippen molar-refractivity contribution in [3.8, 4) is 5.69 Å². The van der Waals surface area contributed by atoms with Crippen molar-refractivity contribution in [3.63, 3.8) is 0 Å². The number of rotatable bonds is 5. The molecule has 2 heterocycles. The predicted octanol–water partition coefficient (Wildman–Crippen LogP) is 4.30. The van der Waals surface area contributed by atoms with Crippen molar-refractivity contribution in [2.45, 2.75) is 10.9 Å². The summed E-state index contributed by atoms with van der Waals surface area (Å²) in [4.78, 5) is 2.20. The number of thioether (sulfide) groups is 1. The van der Waals surface area contributed by atoms with E-state index >= 15 is 0 Å². The minimum atomic E-state index is -0.252. The molecule has 1 aromatic heterocycles. The van der Waals surface area contributed by atoms with Crippen LogP contribution in [0.4, 0.5) is 10.3 Å². The predicted molar refractivity (Wildman–Crippen MR) is 108 cm³/mol. The zero-order valence-electron chi connectivity index (χ0n) is 14.5. The van der Waals surface area contributed by atoms with Gasteiger partial charge in [-0.3, -0.25) is 4.57 Å². The lowest BCUT2D eigenvalue weighted by atomic mass is 10.2. The Morgan fingerprint density at radius 3 is 2.59 bits per heavy atom. The maximum absolute atomic E-state index is 13.3. The van der Waals surface area contributed by atoms with Gasteiger partial charge in [0.05, 0.1) is 18.9 Å².